The van der Waals surface area contributed by atoms with Crippen molar-refractivity contribution in [2.24, 2.45) is 0 Å². The topological polar surface area (TPSA) is 91.4 Å². The molecule has 2 aliphatic rings. The SMILES string of the molecule is CC(=O)NC[C@H]1CN(c2cc(F)c(N3CCON(CC(=O)c4ccccc4)CC3)c(F)c2)C(=O)O1. The van der Waals surface area contributed by atoms with Crippen LogP contribution in [0.1, 0.15) is 17.3 Å². The van der Waals surface area contributed by atoms with Gasteiger partial charge in [-0.15, -0.1) is 0 Å². The number of nitrogens with one attached hydrogen (secondary N) is 1. The molecule has 0 radical (unpaired) electrons. The van der Waals surface area contributed by atoms with E-state index in [0.29, 0.717) is 5.56 Å². The molecule has 0 aliphatic carbocycles. The van der Waals surface area contributed by atoms with Gasteiger partial charge in [0.1, 0.15) is 11.8 Å². The fraction of sp³-hybridized carbons (Fsp3) is 0.375. The van der Waals surface area contributed by atoms with Crippen LogP contribution in [-0.4, -0.2) is 74.8 Å². The minimum absolute atomic E-state index is 0.0263. The molecule has 1 atom stereocenters. The van der Waals surface area contributed by atoms with Gasteiger partial charge in [-0.25, -0.2) is 13.6 Å². The van der Waals surface area contributed by atoms with E-state index in [0.717, 1.165) is 17.0 Å². The van der Waals surface area contributed by atoms with E-state index in [-0.39, 0.29) is 68.9 Å². The minimum atomic E-state index is -0.827. The van der Waals surface area contributed by atoms with E-state index >= 15 is 8.78 Å². The standard InChI is InChI=1S/C24H26F2N4O5/c1-16(31)27-13-19-14-30(24(33)35-19)18-11-20(25)23(21(26)12-18)28-7-8-29(34-10-9-28)15-22(32)17-5-3-2-4-6-17/h2-6,11-12,19H,7-10,13-15H2,1H3,(H,27,31)/t19-/m0/s1. The van der Waals surface area contributed by atoms with Gasteiger partial charge in [-0.1, -0.05) is 30.3 Å². The highest BCUT2D eigenvalue weighted by Crippen LogP contribution is 2.31. The average molecular weight is 488 g/mol. The summed E-state index contributed by atoms with van der Waals surface area (Å²) in [4.78, 5) is 44.0. The lowest BCUT2D eigenvalue weighted by Gasteiger charge is -2.24. The lowest BCUT2D eigenvalue weighted by molar-refractivity contribution is -0.139. The first-order valence-corrected chi connectivity index (χ1v) is 11.2. The first-order chi connectivity index (χ1) is 16.8. The Kier molecular flexibility index (Phi) is 7.57. The maximum absolute atomic E-state index is 15.1. The molecule has 11 heteroatoms. The third-order valence-electron chi connectivity index (χ3n) is 5.75. The van der Waals surface area contributed by atoms with Crippen LogP contribution < -0.4 is 15.1 Å². The van der Waals surface area contributed by atoms with Crippen LogP contribution in [0.25, 0.3) is 0 Å². The van der Waals surface area contributed by atoms with Gasteiger partial charge in [-0.2, -0.15) is 5.06 Å². The fourth-order valence-electron chi connectivity index (χ4n) is 4.02. The number of anilines is 2. The smallest absolute Gasteiger partial charge is 0.414 e. The Morgan fingerprint density at radius 2 is 1.80 bits per heavy atom. The van der Waals surface area contributed by atoms with Crippen molar-refractivity contribution >= 4 is 29.2 Å². The van der Waals surface area contributed by atoms with Crippen molar-refractivity contribution in [3.05, 3.63) is 59.7 Å². The molecule has 2 fully saturated rings. The molecule has 9 nitrogen and oxygen atoms in total. The maximum atomic E-state index is 15.1. The highest BCUT2D eigenvalue weighted by molar-refractivity contribution is 5.97. The number of carbonyl (C=O) groups is 3. The highest BCUT2D eigenvalue weighted by atomic mass is 19.1. The van der Waals surface area contributed by atoms with Gasteiger partial charge in [0.05, 0.1) is 31.9 Å². The molecule has 0 bridgehead atoms. The first-order valence-electron chi connectivity index (χ1n) is 11.2. The summed E-state index contributed by atoms with van der Waals surface area (Å²) in [5, 5.41) is 4.05. The number of ketones is 1. The van der Waals surface area contributed by atoms with Crippen LogP contribution >= 0.6 is 0 Å². The number of amides is 2. The number of nitrogens with zero attached hydrogens (tertiary/aromatic N) is 3. The summed E-state index contributed by atoms with van der Waals surface area (Å²) in [5.74, 6) is -2.04. The lowest BCUT2D eigenvalue weighted by atomic mass is 10.1. The van der Waals surface area contributed by atoms with Crippen LogP contribution in [0.5, 0.6) is 0 Å². The Labute approximate surface area is 201 Å². The predicted molar refractivity (Wildman–Crippen MR) is 123 cm³/mol. The van der Waals surface area contributed by atoms with E-state index in [2.05, 4.69) is 5.32 Å². The highest BCUT2D eigenvalue weighted by Gasteiger charge is 2.34. The van der Waals surface area contributed by atoms with Gasteiger partial charge in [0.15, 0.2) is 17.4 Å². The van der Waals surface area contributed by atoms with Crippen LogP contribution in [-0.2, 0) is 14.4 Å². The zero-order chi connectivity index (χ0) is 24.9. The largest absolute Gasteiger partial charge is 0.442 e. The molecule has 0 saturated carbocycles. The molecule has 186 valence electrons. The second-order valence-electron chi connectivity index (χ2n) is 8.28. The Morgan fingerprint density at radius 3 is 2.49 bits per heavy atom. The molecular weight excluding hydrogens is 462 g/mol. The number of rotatable bonds is 7. The molecule has 2 aromatic carbocycles. The van der Waals surface area contributed by atoms with Crippen molar-refractivity contribution in [2.45, 2.75) is 13.0 Å². The van der Waals surface area contributed by atoms with Gasteiger partial charge in [0, 0.05) is 44.3 Å². The summed E-state index contributed by atoms with van der Waals surface area (Å²) in [6.07, 6.45) is -1.36. The Bertz CT molecular complexity index is 1080. The number of hydrogen-bond acceptors (Lipinski definition) is 7. The summed E-state index contributed by atoms with van der Waals surface area (Å²) < 4.78 is 35.3. The van der Waals surface area contributed by atoms with Crippen LogP contribution in [0.3, 0.4) is 0 Å². The summed E-state index contributed by atoms with van der Waals surface area (Å²) >= 11 is 0. The molecular formula is C24H26F2N4O5. The fourth-order valence-corrected chi connectivity index (χ4v) is 4.02. The number of carbonyl (C=O) groups excluding carboxylic acids is 3. The van der Waals surface area contributed by atoms with E-state index in [1.165, 1.54) is 16.9 Å². The number of cyclic esters (lactones) is 1. The molecule has 0 aromatic heterocycles. The Balaban J connectivity index is 1.41. The van der Waals surface area contributed by atoms with Crippen molar-refractivity contribution in [1.29, 1.82) is 0 Å². The molecule has 2 amide bonds. The number of hydroxylamine groups is 2. The number of benzene rings is 2. The van der Waals surface area contributed by atoms with E-state index in [1.54, 1.807) is 24.3 Å². The van der Waals surface area contributed by atoms with Crippen molar-refractivity contribution in [1.82, 2.24) is 10.4 Å². The van der Waals surface area contributed by atoms with E-state index in [1.807, 2.05) is 6.07 Å². The number of halogens is 2. The van der Waals surface area contributed by atoms with Gasteiger partial charge in [-0.3, -0.25) is 19.3 Å². The molecule has 0 spiro atoms. The van der Waals surface area contributed by atoms with Gasteiger partial charge in [0.25, 0.3) is 0 Å². The lowest BCUT2D eigenvalue weighted by Crippen LogP contribution is -2.34. The molecule has 2 heterocycles. The molecule has 35 heavy (non-hydrogen) atoms. The first kappa shape index (κ1) is 24.6. The van der Waals surface area contributed by atoms with Gasteiger partial charge < -0.3 is 15.0 Å². The summed E-state index contributed by atoms with van der Waals surface area (Å²) in [7, 11) is 0. The second kappa shape index (κ2) is 10.8. The molecule has 2 saturated heterocycles. The zero-order valence-corrected chi connectivity index (χ0v) is 19.2. The van der Waals surface area contributed by atoms with Gasteiger partial charge >= 0.3 is 6.09 Å². The zero-order valence-electron chi connectivity index (χ0n) is 19.2. The maximum Gasteiger partial charge on any atom is 0.414 e. The molecule has 2 aliphatic heterocycles. The third kappa shape index (κ3) is 5.92. The summed E-state index contributed by atoms with van der Waals surface area (Å²) in [6, 6.07) is 11.0. The second-order valence-corrected chi connectivity index (χ2v) is 8.28. The van der Waals surface area contributed by atoms with Crippen LogP contribution in [0.15, 0.2) is 42.5 Å². The van der Waals surface area contributed by atoms with Crippen LogP contribution in [0.4, 0.5) is 25.0 Å². The van der Waals surface area contributed by atoms with Crippen molar-refractivity contribution in [3.63, 3.8) is 0 Å². The van der Waals surface area contributed by atoms with E-state index < -0.39 is 23.8 Å². The van der Waals surface area contributed by atoms with Crippen LogP contribution in [0, 0.1) is 11.6 Å². The normalized spacial score (nSPS) is 18.8. The monoisotopic (exact) mass is 488 g/mol. The van der Waals surface area contributed by atoms with E-state index in [4.69, 9.17) is 9.57 Å². The Hall–Kier alpha value is -3.57. The average Bonchev–Trinajstić information content (AvgIpc) is 3.05. The summed E-state index contributed by atoms with van der Waals surface area (Å²) in [6.45, 7) is 2.39. The van der Waals surface area contributed by atoms with Crippen molar-refractivity contribution in [2.75, 3.05) is 55.7 Å². The van der Waals surface area contributed by atoms with Crippen molar-refractivity contribution in [3.8, 4) is 0 Å². The third-order valence-corrected chi connectivity index (χ3v) is 5.75. The molecule has 1 N–H and O–H groups in total. The molecule has 2 aromatic rings. The number of hydrogen-bond donors (Lipinski definition) is 1. The molecule has 4 rings (SSSR count). The van der Waals surface area contributed by atoms with Gasteiger partial charge in [0.2, 0.25) is 5.91 Å². The van der Waals surface area contributed by atoms with E-state index in [9.17, 15) is 14.4 Å². The quantitative estimate of drug-likeness (QED) is 0.599. The van der Waals surface area contributed by atoms with Gasteiger partial charge in [-0.05, 0) is 0 Å². The number of Topliss-reactive ketones (excluding diaryl/α,β-unsaturated/α-hetero) is 1. The minimum Gasteiger partial charge on any atom is -0.442 e. The Morgan fingerprint density at radius 1 is 1.09 bits per heavy atom. The predicted octanol–water partition coefficient (Wildman–Crippen LogP) is 2.36. The number of ether oxygens (including phenoxy) is 1. The molecule has 0 unspecified atom stereocenters. The van der Waals surface area contributed by atoms with Crippen molar-refractivity contribution < 1.29 is 32.7 Å². The summed E-state index contributed by atoms with van der Waals surface area (Å²) in [5.41, 5.74) is 0.362. The van der Waals surface area contributed by atoms with Crippen LogP contribution in [0.2, 0.25) is 0 Å².